The summed E-state index contributed by atoms with van der Waals surface area (Å²) in [7, 11) is 0. The van der Waals surface area contributed by atoms with Crippen molar-refractivity contribution in [1.82, 2.24) is 19.8 Å². The first-order valence-corrected chi connectivity index (χ1v) is 9.40. The molecule has 1 aromatic carbocycles. The van der Waals surface area contributed by atoms with Crippen molar-refractivity contribution in [1.29, 1.82) is 0 Å². The van der Waals surface area contributed by atoms with Crippen LogP contribution in [0.5, 0.6) is 0 Å². The normalized spacial score (nSPS) is 15.8. The maximum atomic E-state index is 12.4. The Hall–Kier alpha value is -1.79. The fourth-order valence-electron chi connectivity index (χ4n) is 3.26. The van der Waals surface area contributed by atoms with Crippen molar-refractivity contribution in [3.63, 3.8) is 0 Å². The lowest BCUT2D eigenvalue weighted by atomic mass is 9.98. The molecule has 1 atom stereocenters. The molecule has 5 nitrogen and oxygen atoms in total. The molecule has 1 N–H and O–H groups in total. The summed E-state index contributed by atoms with van der Waals surface area (Å²) in [4.78, 5) is 15.5. The molecule has 0 saturated carbocycles. The van der Waals surface area contributed by atoms with Crippen LogP contribution in [0, 0.1) is 0 Å². The highest BCUT2D eigenvalue weighted by molar-refractivity contribution is 7.08. The molecular formula is C18H24N4OS. The van der Waals surface area contributed by atoms with Gasteiger partial charge in [-0.25, -0.2) is 0 Å². The van der Waals surface area contributed by atoms with E-state index in [0.29, 0.717) is 17.5 Å². The van der Waals surface area contributed by atoms with Crippen LogP contribution in [0.1, 0.15) is 46.8 Å². The van der Waals surface area contributed by atoms with Crippen molar-refractivity contribution >= 4 is 17.4 Å². The number of rotatable bonds is 6. The van der Waals surface area contributed by atoms with Gasteiger partial charge in [-0.3, -0.25) is 9.69 Å². The molecule has 1 aromatic heterocycles. The summed E-state index contributed by atoms with van der Waals surface area (Å²) in [6, 6.07) is 9.00. The number of nitrogens with one attached hydrogen (secondary N) is 1. The van der Waals surface area contributed by atoms with Gasteiger partial charge in [-0.15, -0.1) is 5.10 Å². The number of carbonyl (C=O) groups excluding carboxylic acids is 1. The monoisotopic (exact) mass is 344 g/mol. The summed E-state index contributed by atoms with van der Waals surface area (Å²) in [5.74, 6) is -0.0438. The zero-order valence-corrected chi connectivity index (χ0v) is 15.1. The van der Waals surface area contributed by atoms with Gasteiger partial charge in [-0.2, -0.15) is 0 Å². The van der Waals surface area contributed by atoms with Crippen molar-refractivity contribution < 1.29 is 4.79 Å². The summed E-state index contributed by atoms with van der Waals surface area (Å²) in [5.41, 5.74) is 3.65. The van der Waals surface area contributed by atoms with Crippen LogP contribution in [-0.2, 0) is 19.4 Å². The molecule has 2 heterocycles. The molecule has 0 bridgehead atoms. The van der Waals surface area contributed by atoms with E-state index in [9.17, 15) is 4.79 Å². The lowest BCUT2D eigenvalue weighted by Gasteiger charge is -2.35. The van der Waals surface area contributed by atoms with Gasteiger partial charge >= 0.3 is 0 Å². The van der Waals surface area contributed by atoms with Crippen molar-refractivity contribution in [2.45, 2.75) is 45.7 Å². The topological polar surface area (TPSA) is 58.1 Å². The lowest BCUT2D eigenvalue weighted by molar-refractivity contribution is 0.0929. The van der Waals surface area contributed by atoms with Crippen LogP contribution in [0.2, 0.25) is 0 Å². The van der Waals surface area contributed by atoms with Crippen LogP contribution in [0.3, 0.4) is 0 Å². The second-order valence-electron chi connectivity index (χ2n) is 6.16. The summed E-state index contributed by atoms with van der Waals surface area (Å²) >= 11 is 1.18. The van der Waals surface area contributed by atoms with Crippen LogP contribution in [0.4, 0.5) is 0 Å². The number of carbonyl (C=O) groups is 1. The molecule has 0 saturated heterocycles. The molecule has 0 unspecified atom stereocenters. The van der Waals surface area contributed by atoms with Crippen LogP contribution in [0.15, 0.2) is 24.3 Å². The van der Waals surface area contributed by atoms with E-state index in [1.807, 2.05) is 6.92 Å². The number of aromatic nitrogens is 2. The molecule has 0 spiro atoms. The standard InChI is InChI=1S/C18H24N4OS/c1-3-15(11-19-18(23)17-16(4-2)20-21-24-17)22-10-9-13-7-5-6-8-14(13)12-22/h5-8,15H,3-4,9-12H2,1-2H3,(H,19,23)/t15-/m0/s1. The molecular weight excluding hydrogens is 320 g/mol. The Morgan fingerprint density at radius 1 is 1.33 bits per heavy atom. The molecule has 0 aliphatic carbocycles. The number of aryl methyl sites for hydroxylation is 1. The average Bonchev–Trinajstić information content (AvgIpc) is 3.10. The quantitative estimate of drug-likeness (QED) is 0.875. The van der Waals surface area contributed by atoms with Gasteiger partial charge in [0, 0.05) is 25.7 Å². The Kier molecular flexibility index (Phi) is 5.58. The fourth-order valence-corrected chi connectivity index (χ4v) is 3.93. The Morgan fingerprint density at radius 3 is 2.88 bits per heavy atom. The van der Waals surface area contributed by atoms with Gasteiger partial charge in [0.2, 0.25) is 0 Å². The van der Waals surface area contributed by atoms with Gasteiger partial charge in [0.05, 0.1) is 5.69 Å². The van der Waals surface area contributed by atoms with E-state index < -0.39 is 0 Å². The summed E-state index contributed by atoms with van der Waals surface area (Å²) in [5, 5.41) is 7.10. The van der Waals surface area contributed by atoms with Crippen LogP contribution in [-0.4, -0.2) is 39.5 Å². The van der Waals surface area contributed by atoms with E-state index in [4.69, 9.17) is 0 Å². The third kappa shape index (κ3) is 3.65. The number of hydrogen-bond acceptors (Lipinski definition) is 5. The highest BCUT2D eigenvalue weighted by Crippen LogP contribution is 2.21. The maximum Gasteiger partial charge on any atom is 0.265 e. The van der Waals surface area contributed by atoms with Crippen molar-refractivity contribution in [2.24, 2.45) is 0 Å². The van der Waals surface area contributed by atoms with E-state index in [0.717, 1.165) is 38.0 Å². The number of fused-ring (bicyclic) bond motifs is 1. The highest BCUT2D eigenvalue weighted by Gasteiger charge is 2.23. The van der Waals surface area contributed by atoms with E-state index in [1.165, 1.54) is 22.7 Å². The van der Waals surface area contributed by atoms with Crippen LogP contribution >= 0.6 is 11.5 Å². The number of benzene rings is 1. The molecule has 0 radical (unpaired) electrons. The molecule has 1 aliphatic heterocycles. The van der Waals surface area contributed by atoms with E-state index >= 15 is 0 Å². The van der Waals surface area contributed by atoms with E-state index in [-0.39, 0.29) is 5.91 Å². The fraction of sp³-hybridized carbons (Fsp3) is 0.500. The molecule has 1 amide bonds. The summed E-state index contributed by atoms with van der Waals surface area (Å²) < 4.78 is 3.90. The van der Waals surface area contributed by atoms with Gasteiger partial charge in [0.1, 0.15) is 4.88 Å². The Labute approximate surface area is 147 Å². The minimum absolute atomic E-state index is 0.0438. The van der Waals surface area contributed by atoms with E-state index in [1.54, 1.807) is 0 Å². The first-order chi connectivity index (χ1) is 11.7. The predicted octanol–water partition coefficient (Wildman–Crippen LogP) is 2.67. The van der Waals surface area contributed by atoms with Gasteiger partial charge in [0.25, 0.3) is 5.91 Å². The second kappa shape index (κ2) is 7.85. The summed E-state index contributed by atoms with van der Waals surface area (Å²) in [6.07, 6.45) is 2.84. The third-order valence-corrected chi connectivity index (χ3v) is 5.51. The van der Waals surface area contributed by atoms with Gasteiger partial charge in [-0.1, -0.05) is 42.6 Å². The molecule has 0 fully saturated rings. The van der Waals surface area contributed by atoms with Crippen LogP contribution in [0.25, 0.3) is 0 Å². The third-order valence-electron chi connectivity index (χ3n) is 4.74. The van der Waals surface area contributed by atoms with Crippen molar-refractivity contribution in [2.75, 3.05) is 13.1 Å². The number of hydrogen-bond donors (Lipinski definition) is 1. The summed E-state index contributed by atoms with van der Waals surface area (Å²) in [6.45, 7) is 6.86. The molecule has 2 aromatic rings. The lowest BCUT2D eigenvalue weighted by Crippen LogP contribution is -2.45. The van der Waals surface area contributed by atoms with Crippen LogP contribution < -0.4 is 5.32 Å². The molecule has 1 aliphatic rings. The van der Waals surface area contributed by atoms with E-state index in [2.05, 4.69) is 51.0 Å². The van der Waals surface area contributed by atoms with Gasteiger partial charge in [0.15, 0.2) is 0 Å². The Bertz CT molecular complexity index is 700. The zero-order valence-electron chi connectivity index (χ0n) is 14.3. The second-order valence-corrected chi connectivity index (χ2v) is 6.92. The molecule has 3 rings (SSSR count). The first-order valence-electron chi connectivity index (χ1n) is 8.63. The Morgan fingerprint density at radius 2 is 2.12 bits per heavy atom. The first kappa shape index (κ1) is 17.0. The average molecular weight is 344 g/mol. The SMILES string of the molecule is CCc1nnsc1C(=O)NC[C@H](CC)N1CCc2ccccc2C1. The predicted molar refractivity (Wildman–Crippen MR) is 96.3 cm³/mol. The maximum absolute atomic E-state index is 12.4. The largest absolute Gasteiger partial charge is 0.350 e. The Balaban J connectivity index is 1.60. The minimum atomic E-state index is -0.0438. The molecule has 24 heavy (non-hydrogen) atoms. The molecule has 128 valence electrons. The van der Waals surface area contributed by atoms with Crippen molar-refractivity contribution in [3.8, 4) is 0 Å². The minimum Gasteiger partial charge on any atom is -0.350 e. The van der Waals surface area contributed by atoms with Crippen molar-refractivity contribution in [3.05, 3.63) is 46.0 Å². The highest BCUT2D eigenvalue weighted by atomic mass is 32.1. The van der Waals surface area contributed by atoms with Gasteiger partial charge in [-0.05, 0) is 41.9 Å². The molecule has 6 heteroatoms. The van der Waals surface area contributed by atoms with Gasteiger partial charge < -0.3 is 5.32 Å². The smallest absolute Gasteiger partial charge is 0.265 e. The number of nitrogens with zero attached hydrogens (tertiary/aromatic N) is 3. The number of amides is 1. The zero-order chi connectivity index (χ0) is 16.9.